The van der Waals surface area contributed by atoms with Gasteiger partial charge in [-0.2, -0.15) is 0 Å². The van der Waals surface area contributed by atoms with Crippen molar-refractivity contribution in [2.75, 3.05) is 41.5 Å². The van der Waals surface area contributed by atoms with Gasteiger partial charge < -0.3 is 28.6 Å². The molecule has 1 saturated heterocycles. The number of ketones is 1. The Kier molecular flexibility index (Phi) is 6.35. The quantitative estimate of drug-likeness (QED) is 0.661. The summed E-state index contributed by atoms with van der Waals surface area (Å²) < 4.78 is 27.9. The maximum absolute atomic E-state index is 12.9. The molecule has 1 fully saturated rings. The molecule has 4 rings (SSSR count). The Morgan fingerprint density at radius 3 is 2.24 bits per heavy atom. The number of ether oxygens (including phenoxy) is 5. The van der Waals surface area contributed by atoms with Crippen LogP contribution in [0.5, 0.6) is 28.7 Å². The van der Waals surface area contributed by atoms with Crippen LogP contribution >= 0.6 is 0 Å². The van der Waals surface area contributed by atoms with Gasteiger partial charge in [0, 0.05) is 25.9 Å². The molecule has 8 nitrogen and oxygen atoms in total. The van der Waals surface area contributed by atoms with Gasteiger partial charge in [-0.3, -0.25) is 9.59 Å². The summed E-state index contributed by atoms with van der Waals surface area (Å²) in [6.45, 7) is 1.03. The van der Waals surface area contributed by atoms with Crippen molar-refractivity contribution in [2.24, 2.45) is 0 Å². The highest BCUT2D eigenvalue weighted by Gasteiger charge is 2.45. The molecule has 33 heavy (non-hydrogen) atoms. The highest BCUT2D eigenvalue weighted by molar-refractivity contribution is 6.01. The second kappa shape index (κ2) is 9.21. The van der Waals surface area contributed by atoms with Gasteiger partial charge in [-0.1, -0.05) is 6.07 Å². The number of fused-ring (bicyclic) bond motifs is 1. The topological polar surface area (TPSA) is 83.5 Å². The minimum Gasteiger partial charge on any atom is -0.493 e. The monoisotopic (exact) mass is 455 g/mol. The van der Waals surface area contributed by atoms with E-state index in [0.29, 0.717) is 60.2 Å². The molecule has 176 valence electrons. The smallest absolute Gasteiger partial charge is 0.226 e. The number of nitrogens with zero attached hydrogens (tertiary/aromatic N) is 1. The number of carbonyl (C=O) groups excluding carboxylic acids is 2. The lowest BCUT2D eigenvalue weighted by Crippen LogP contribution is -2.52. The molecular weight excluding hydrogens is 426 g/mol. The molecule has 0 N–H and O–H groups in total. The van der Waals surface area contributed by atoms with Crippen LogP contribution in [0.25, 0.3) is 0 Å². The van der Waals surface area contributed by atoms with Crippen LogP contribution < -0.4 is 23.7 Å². The van der Waals surface area contributed by atoms with E-state index < -0.39 is 5.60 Å². The Morgan fingerprint density at radius 1 is 0.939 bits per heavy atom. The Labute approximate surface area is 193 Å². The molecule has 0 aliphatic carbocycles. The molecule has 2 heterocycles. The third-order valence-electron chi connectivity index (χ3n) is 6.43. The number of carbonyl (C=O) groups is 2. The molecule has 0 radical (unpaired) electrons. The van der Waals surface area contributed by atoms with Crippen molar-refractivity contribution in [2.45, 2.75) is 31.3 Å². The molecule has 0 saturated carbocycles. The second-order valence-corrected chi connectivity index (χ2v) is 8.31. The van der Waals surface area contributed by atoms with Crippen molar-refractivity contribution in [3.8, 4) is 28.7 Å². The lowest BCUT2D eigenvalue weighted by atomic mass is 9.82. The molecule has 8 heteroatoms. The number of piperidine rings is 1. The summed E-state index contributed by atoms with van der Waals surface area (Å²) in [5, 5.41) is 0. The molecular formula is C25H29NO7. The van der Waals surface area contributed by atoms with Crippen molar-refractivity contribution < 1.29 is 33.3 Å². The average molecular weight is 456 g/mol. The minimum atomic E-state index is -0.649. The van der Waals surface area contributed by atoms with Gasteiger partial charge in [0.05, 0.1) is 46.8 Å². The summed E-state index contributed by atoms with van der Waals surface area (Å²) >= 11 is 0. The van der Waals surface area contributed by atoms with Gasteiger partial charge in [0.2, 0.25) is 11.7 Å². The van der Waals surface area contributed by atoms with Gasteiger partial charge in [0.15, 0.2) is 28.8 Å². The van der Waals surface area contributed by atoms with Gasteiger partial charge in [-0.15, -0.1) is 0 Å². The van der Waals surface area contributed by atoms with Crippen molar-refractivity contribution in [1.82, 2.24) is 4.90 Å². The largest absolute Gasteiger partial charge is 0.493 e. The number of methoxy groups -OCH3 is 4. The molecule has 0 bridgehead atoms. The first-order valence-electron chi connectivity index (χ1n) is 10.9. The van der Waals surface area contributed by atoms with Crippen molar-refractivity contribution in [3.05, 3.63) is 41.5 Å². The molecule has 2 aromatic carbocycles. The average Bonchev–Trinajstić information content (AvgIpc) is 2.83. The molecule has 0 aromatic heterocycles. The fourth-order valence-electron chi connectivity index (χ4n) is 4.58. The van der Waals surface area contributed by atoms with Crippen LogP contribution in [0.15, 0.2) is 30.3 Å². The van der Waals surface area contributed by atoms with E-state index in [0.717, 1.165) is 5.56 Å². The number of rotatable bonds is 6. The predicted molar refractivity (Wildman–Crippen MR) is 121 cm³/mol. The lowest BCUT2D eigenvalue weighted by molar-refractivity contribution is -0.134. The SMILES string of the molecule is COc1ccc(CC(=O)N2CCC3(CC2)CC(=O)c2ccc(OC)c(OC)c2O3)cc1OC. The Hall–Kier alpha value is -3.42. The van der Waals surface area contributed by atoms with E-state index in [9.17, 15) is 9.59 Å². The number of hydrogen-bond acceptors (Lipinski definition) is 7. The third-order valence-corrected chi connectivity index (χ3v) is 6.43. The standard InChI is InChI=1S/C25H29NO7/c1-29-19-7-5-16(13-21(19)31-3)14-22(28)26-11-9-25(10-12-26)15-18(27)17-6-8-20(30-2)24(32-4)23(17)33-25/h5-8,13H,9-12,14-15H2,1-4H3. The Bertz CT molecular complexity index is 1060. The molecule has 0 atom stereocenters. The first kappa shape index (κ1) is 22.8. The van der Waals surface area contributed by atoms with Crippen LogP contribution in [0.3, 0.4) is 0 Å². The fraction of sp³-hybridized carbons (Fsp3) is 0.440. The number of benzene rings is 2. The zero-order chi connectivity index (χ0) is 23.6. The molecule has 1 amide bonds. The first-order valence-corrected chi connectivity index (χ1v) is 10.9. The zero-order valence-electron chi connectivity index (χ0n) is 19.4. The highest BCUT2D eigenvalue weighted by Crippen LogP contribution is 2.47. The Morgan fingerprint density at radius 2 is 1.61 bits per heavy atom. The van der Waals surface area contributed by atoms with Crippen molar-refractivity contribution in [1.29, 1.82) is 0 Å². The summed E-state index contributed by atoms with van der Waals surface area (Å²) in [5.74, 6) is 2.63. The lowest BCUT2D eigenvalue weighted by Gasteiger charge is -2.44. The normalized spacial score (nSPS) is 16.6. The number of Topliss-reactive ketones (excluding diaryl/α,β-unsaturated/α-hetero) is 1. The number of amides is 1. The van der Waals surface area contributed by atoms with Crippen LogP contribution in [0.4, 0.5) is 0 Å². The maximum Gasteiger partial charge on any atom is 0.226 e. The maximum atomic E-state index is 12.9. The van der Waals surface area contributed by atoms with Crippen molar-refractivity contribution >= 4 is 11.7 Å². The van der Waals surface area contributed by atoms with Crippen LogP contribution in [-0.4, -0.2) is 63.7 Å². The van der Waals surface area contributed by atoms with E-state index in [4.69, 9.17) is 23.7 Å². The Balaban J connectivity index is 1.46. The molecule has 0 unspecified atom stereocenters. The van der Waals surface area contributed by atoms with E-state index in [1.807, 2.05) is 17.0 Å². The van der Waals surface area contributed by atoms with Gasteiger partial charge >= 0.3 is 0 Å². The number of likely N-dealkylation sites (tertiary alicyclic amines) is 1. The zero-order valence-corrected chi connectivity index (χ0v) is 19.4. The minimum absolute atomic E-state index is 0.0160. The molecule has 2 aromatic rings. The summed E-state index contributed by atoms with van der Waals surface area (Å²) in [5.41, 5.74) is 0.710. The van der Waals surface area contributed by atoms with Crippen molar-refractivity contribution in [3.63, 3.8) is 0 Å². The summed E-state index contributed by atoms with van der Waals surface area (Å²) in [7, 11) is 6.23. The molecule has 2 aliphatic heterocycles. The molecule has 1 spiro atoms. The number of hydrogen-bond donors (Lipinski definition) is 0. The highest BCUT2D eigenvalue weighted by atomic mass is 16.5. The molecule has 2 aliphatic rings. The third kappa shape index (κ3) is 4.29. The van der Waals surface area contributed by atoms with Crippen LogP contribution in [0, 0.1) is 0 Å². The van der Waals surface area contributed by atoms with Crippen LogP contribution in [-0.2, 0) is 11.2 Å². The van der Waals surface area contributed by atoms with Gasteiger partial charge in [0.1, 0.15) is 5.60 Å². The first-order chi connectivity index (χ1) is 15.9. The van der Waals surface area contributed by atoms with E-state index >= 15 is 0 Å². The van der Waals surface area contributed by atoms with E-state index in [1.54, 1.807) is 39.5 Å². The van der Waals surface area contributed by atoms with Crippen LogP contribution in [0.1, 0.15) is 35.2 Å². The summed E-state index contributed by atoms with van der Waals surface area (Å²) in [4.78, 5) is 27.7. The van der Waals surface area contributed by atoms with Gasteiger partial charge in [-0.25, -0.2) is 0 Å². The van der Waals surface area contributed by atoms with Crippen LogP contribution in [0.2, 0.25) is 0 Å². The van der Waals surface area contributed by atoms with E-state index in [2.05, 4.69) is 0 Å². The summed E-state index contributed by atoms with van der Waals surface area (Å²) in [6, 6.07) is 8.92. The van der Waals surface area contributed by atoms with E-state index in [-0.39, 0.29) is 24.5 Å². The fourth-order valence-corrected chi connectivity index (χ4v) is 4.58. The van der Waals surface area contributed by atoms with E-state index in [1.165, 1.54) is 7.11 Å². The predicted octanol–water partition coefficient (Wildman–Crippen LogP) is 3.29. The van der Waals surface area contributed by atoms with Gasteiger partial charge in [0.25, 0.3) is 0 Å². The van der Waals surface area contributed by atoms with Gasteiger partial charge in [-0.05, 0) is 29.8 Å². The second-order valence-electron chi connectivity index (χ2n) is 8.31. The summed E-state index contributed by atoms with van der Waals surface area (Å²) in [6.07, 6.45) is 1.68.